The molecule has 0 bridgehead atoms. The summed E-state index contributed by atoms with van der Waals surface area (Å²) in [7, 11) is 1.38. The Kier molecular flexibility index (Phi) is 2.68. The molecule has 1 aromatic rings. The molecule has 0 aromatic carbocycles. The van der Waals surface area contributed by atoms with Crippen LogP contribution in [0.4, 0.5) is 0 Å². The molecule has 0 spiro atoms. The molecule has 10 heavy (non-hydrogen) atoms. The van der Waals surface area contributed by atoms with Gasteiger partial charge in [-0.1, -0.05) is 13.8 Å². The van der Waals surface area contributed by atoms with Crippen molar-refractivity contribution in [3.63, 3.8) is 0 Å². The second-order valence-corrected chi connectivity index (χ2v) is 3.55. The van der Waals surface area contributed by atoms with Crippen LogP contribution in [0.5, 0.6) is 0 Å². The topological polar surface area (TPSA) is 28.7 Å². The summed E-state index contributed by atoms with van der Waals surface area (Å²) in [5.41, 5.74) is 0. The first kappa shape index (κ1) is 8.01. The third-order valence-electron chi connectivity index (χ3n) is 1.22. The van der Waals surface area contributed by atoms with E-state index in [4.69, 9.17) is 0 Å². The average molecular weight is 174 g/mol. The summed E-state index contributed by atoms with van der Waals surface area (Å²) in [5.74, 6) is 1.49. The van der Waals surface area contributed by atoms with Crippen LogP contribution in [0.25, 0.3) is 0 Å². The second-order valence-electron chi connectivity index (χ2n) is 2.38. The van der Waals surface area contributed by atoms with E-state index in [1.807, 2.05) is 0 Å². The zero-order valence-corrected chi connectivity index (χ0v) is 7.67. The Labute approximate surface area is 69.6 Å². The molecule has 0 saturated carbocycles. The minimum atomic E-state index is 0.467. The van der Waals surface area contributed by atoms with Gasteiger partial charge in [-0.3, -0.25) is 0 Å². The molecule has 1 N–H and O–H groups in total. The van der Waals surface area contributed by atoms with Crippen molar-refractivity contribution < 1.29 is 0 Å². The number of rotatable bonds is 2. The highest BCUT2D eigenvalue weighted by atomic mass is 33.1. The lowest BCUT2D eigenvalue weighted by Crippen LogP contribution is -1.88. The first-order valence-corrected chi connectivity index (χ1v) is 4.97. The Morgan fingerprint density at radius 1 is 1.70 bits per heavy atom. The number of hydrogen-bond donors (Lipinski definition) is 2. The number of hydrogen-bond acceptors (Lipinski definition) is 3. The molecular weight excluding hydrogens is 164 g/mol. The largest absolute Gasteiger partial charge is 0.336 e. The highest BCUT2D eigenvalue weighted by Gasteiger charge is 2.02. The van der Waals surface area contributed by atoms with E-state index in [0.29, 0.717) is 5.92 Å². The van der Waals surface area contributed by atoms with Gasteiger partial charge in [0.2, 0.25) is 0 Å². The number of imidazole rings is 1. The molecule has 0 atom stereocenters. The van der Waals surface area contributed by atoms with Gasteiger partial charge in [-0.05, 0) is 10.8 Å². The van der Waals surface area contributed by atoms with Gasteiger partial charge in [-0.15, -0.1) is 11.7 Å². The van der Waals surface area contributed by atoms with Crippen LogP contribution in [0, 0.1) is 0 Å². The molecule has 0 saturated heterocycles. The summed E-state index contributed by atoms with van der Waals surface area (Å²) < 4.78 is 0. The SMILES string of the molecule is CC(C)c1ncc(SS)[nH]1. The van der Waals surface area contributed by atoms with E-state index in [1.54, 1.807) is 6.20 Å². The molecular formula is C6H10N2S2. The maximum absolute atomic E-state index is 4.16. The smallest absolute Gasteiger partial charge is 0.109 e. The van der Waals surface area contributed by atoms with E-state index in [2.05, 4.69) is 35.5 Å². The van der Waals surface area contributed by atoms with Crippen LogP contribution in [0.15, 0.2) is 11.2 Å². The monoisotopic (exact) mass is 174 g/mol. The number of nitrogens with one attached hydrogen (secondary N) is 1. The van der Waals surface area contributed by atoms with Crippen molar-refractivity contribution in [2.75, 3.05) is 0 Å². The van der Waals surface area contributed by atoms with Crippen molar-refractivity contribution in [2.24, 2.45) is 0 Å². The van der Waals surface area contributed by atoms with Crippen LogP contribution < -0.4 is 0 Å². The van der Waals surface area contributed by atoms with Crippen molar-refractivity contribution >= 4 is 22.5 Å². The van der Waals surface area contributed by atoms with Gasteiger partial charge in [0.15, 0.2) is 0 Å². The van der Waals surface area contributed by atoms with Gasteiger partial charge >= 0.3 is 0 Å². The number of H-pyrrole nitrogens is 1. The Morgan fingerprint density at radius 2 is 2.40 bits per heavy atom. The van der Waals surface area contributed by atoms with E-state index in [9.17, 15) is 0 Å². The van der Waals surface area contributed by atoms with Gasteiger partial charge in [0.1, 0.15) is 10.9 Å². The maximum atomic E-state index is 4.16. The van der Waals surface area contributed by atoms with Gasteiger partial charge in [0, 0.05) is 5.92 Å². The highest BCUT2D eigenvalue weighted by molar-refractivity contribution is 8.68. The zero-order chi connectivity index (χ0) is 7.56. The minimum Gasteiger partial charge on any atom is -0.336 e. The third-order valence-corrected chi connectivity index (χ3v) is 2.21. The van der Waals surface area contributed by atoms with Crippen molar-refractivity contribution in [3.05, 3.63) is 12.0 Å². The van der Waals surface area contributed by atoms with Gasteiger partial charge < -0.3 is 4.98 Å². The van der Waals surface area contributed by atoms with Crippen LogP contribution >= 0.6 is 22.5 Å². The summed E-state index contributed by atoms with van der Waals surface area (Å²) in [5, 5.41) is 1.01. The molecule has 0 amide bonds. The van der Waals surface area contributed by atoms with Crippen molar-refractivity contribution in [1.29, 1.82) is 0 Å². The molecule has 0 unspecified atom stereocenters. The highest BCUT2D eigenvalue weighted by Crippen LogP contribution is 2.20. The van der Waals surface area contributed by atoms with Crippen LogP contribution in [0.2, 0.25) is 0 Å². The van der Waals surface area contributed by atoms with E-state index in [1.165, 1.54) is 10.8 Å². The first-order chi connectivity index (χ1) is 4.74. The van der Waals surface area contributed by atoms with E-state index in [-0.39, 0.29) is 0 Å². The molecule has 0 aliphatic carbocycles. The Bertz CT molecular complexity index is 207. The summed E-state index contributed by atoms with van der Waals surface area (Å²) >= 11 is 4.04. The predicted molar refractivity (Wildman–Crippen MR) is 47.5 cm³/mol. The lowest BCUT2D eigenvalue weighted by Gasteiger charge is -1.96. The summed E-state index contributed by atoms with van der Waals surface area (Å²) in [6.07, 6.45) is 1.80. The molecule has 1 aromatic heterocycles. The average Bonchev–Trinajstić information content (AvgIpc) is 2.34. The van der Waals surface area contributed by atoms with Gasteiger partial charge in [0.25, 0.3) is 0 Å². The second kappa shape index (κ2) is 3.34. The standard InChI is InChI=1S/C6H10N2S2/c1-4(2)6-7-3-5(8-6)10-9/h3-4,9H,1-2H3,(H,7,8). The third kappa shape index (κ3) is 1.70. The molecule has 56 valence electrons. The Hall–Kier alpha value is -0.0900. The molecule has 0 radical (unpaired) electrons. The molecule has 2 nitrogen and oxygen atoms in total. The summed E-state index contributed by atoms with van der Waals surface area (Å²) in [6.45, 7) is 4.21. The van der Waals surface area contributed by atoms with E-state index >= 15 is 0 Å². The zero-order valence-electron chi connectivity index (χ0n) is 5.96. The molecule has 0 aliphatic heterocycles. The summed E-state index contributed by atoms with van der Waals surface area (Å²) in [6, 6.07) is 0. The maximum Gasteiger partial charge on any atom is 0.109 e. The van der Waals surface area contributed by atoms with Crippen molar-refractivity contribution in [3.8, 4) is 0 Å². The summed E-state index contributed by atoms with van der Waals surface area (Å²) in [4.78, 5) is 7.30. The van der Waals surface area contributed by atoms with Crippen LogP contribution in [-0.2, 0) is 0 Å². The fourth-order valence-electron chi connectivity index (χ4n) is 0.659. The Morgan fingerprint density at radius 3 is 2.70 bits per heavy atom. The van der Waals surface area contributed by atoms with Gasteiger partial charge in [0.05, 0.1) is 6.20 Å². The number of aromatic nitrogens is 2. The lowest BCUT2D eigenvalue weighted by atomic mass is 10.2. The molecule has 4 heteroatoms. The Balaban J connectivity index is 2.78. The van der Waals surface area contributed by atoms with Gasteiger partial charge in [-0.2, -0.15) is 0 Å². The lowest BCUT2D eigenvalue weighted by molar-refractivity contribution is 0.788. The minimum absolute atomic E-state index is 0.467. The molecule has 1 rings (SSSR count). The van der Waals surface area contributed by atoms with Crippen LogP contribution in [0.3, 0.4) is 0 Å². The van der Waals surface area contributed by atoms with Crippen LogP contribution in [-0.4, -0.2) is 9.97 Å². The number of thiol groups is 1. The normalized spacial score (nSPS) is 10.8. The fraction of sp³-hybridized carbons (Fsp3) is 0.500. The quantitative estimate of drug-likeness (QED) is 0.532. The van der Waals surface area contributed by atoms with Gasteiger partial charge in [-0.25, -0.2) is 4.98 Å². The molecule has 1 heterocycles. The van der Waals surface area contributed by atoms with Crippen LogP contribution in [0.1, 0.15) is 25.6 Å². The van der Waals surface area contributed by atoms with E-state index in [0.717, 1.165) is 10.9 Å². The van der Waals surface area contributed by atoms with Crippen molar-refractivity contribution in [2.45, 2.75) is 24.8 Å². The first-order valence-electron chi connectivity index (χ1n) is 3.10. The predicted octanol–water partition coefficient (Wildman–Crippen LogP) is 2.47. The molecule has 0 fully saturated rings. The van der Waals surface area contributed by atoms with Crippen molar-refractivity contribution in [1.82, 2.24) is 9.97 Å². The fourth-order valence-corrected chi connectivity index (χ4v) is 1.19. The molecule has 0 aliphatic rings. The number of aromatic amines is 1. The number of nitrogens with zero attached hydrogens (tertiary/aromatic N) is 1. The van der Waals surface area contributed by atoms with E-state index < -0.39 is 0 Å².